The third-order valence-electron chi connectivity index (χ3n) is 4.57. The summed E-state index contributed by atoms with van der Waals surface area (Å²) in [6.07, 6.45) is 1.15. The van der Waals surface area contributed by atoms with Gasteiger partial charge in [0, 0.05) is 16.2 Å². The SMILES string of the molecule is CNC(c1cc(C)c(C)cc1C)C1Cc2ccccc2S1. The molecule has 1 aliphatic heterocycles. The molecule has 0 radical (unpaired) electrons. The van der Waals surface area contributed by atoms with Crippen LogP contribution in [-0.2, 0) is 6.42 Å². The van der Waals surface area contributed by atoms with E-state index in [0.717, 1.165) is 6.42 Å². The molecule has 0 fully saturated rings. The number of hydrogen-bond acceptors (Lipinski definition) is 2. The van der Waals surface area contributed by atoms with Gasteiger partial charge in [-0.2, -0.15) is 0 Å². The normalized spacial score (nSPS) is 18.6. The van der Waals surface area contributed by atoms with E-state index in [1.54, 1.807) is 0 Å². The molecule has 2 atom stereocenters. The minimum Gasteiger partial charge on any atom is -0.312 e. The topological polar surface area (TPSA) is 12.0 Å². The first-order valence-electron chi connectivity index (χ1n) is 7.59. The van der Waals surface area contributed by atoms with E-state index in [1.807, 2.05) is 11.8 Å². The summed E-state index contributed by atoms with van der Waals surface area (Å²) in [5, 5.41) is 4.14. The molecule has 110 valence electrons. The number of benzene rings is 2. The molecule has 21 heavy (non-hydrogen) atoms. The summed E-state index contributed by atoms with van der Waals surface area (Å²) in [6, 6.07) is 13.9. The summed E-state index contributed by atoms with van der Waals surface area (Å²) in [5.74, 6) is 0. The summed E-state index contributed by atoms with van der Waals surface area (Å²) in [5.41, 5.74) is 7.11. The van der Waals surface area contributed by atoms with Crippen LogP contribution in [0.2, 0.25) is 0 Å². The van der Waals surface area contributed by atoms with Crippen molar-refractivity contribution in [1.29, 1.82) is 0 Å². The van der Waals surface area contributed by atoms with E-state index in [-0.39, 0.29) is 0 Å². The molecular weight excluding hydrogens is 274 g/mol. The van der Waals surface area contributed by atoms with Gasteiger partial charge in [-0.15, -0.1) is 11.8 Å². The fraction of sp³-hybridized carbons (Fsp3) is 0.368. The fourth-order valence-electron chi connectivity index (χ4n) is 3.25. The quantitative estimate of drug-likeness (QED) is 0.889. The minimum atomic E-state index is 0.404. The zero-order valence-corrected chi connectivity index (χ0v) is 14.1. The lowest BCUT2D eigenvalue weighted by atomic mass is 9.92. The van der Waals surface area contributed by atoms with Crippen LogP contribution >= 0.6 is 11.8 Å². The molecule has 0 amide bonds. The van der Waals surface area contributed by atoms with E-state index in [2.05, 4.69) is 69.5 Å². The van der Waals surface area contributed by atoms with Crippen LogP contribution in [0, 0.1) is 20.8 Å². The van der Waals surface area contributed by atoms with E-state index in [1.165, 1.54) is 32.7 Å². The molecule has 0 aliphatic carbocycles. The maximum atomic E-state index is 3.56. The molecule has 2 unspecified atom stereocenters. The average Bonchev–Trinajstić information content (AvgIpc) is 2.88. The van der Waals surface area contributed by atoms with Crippen LogP contribution < -0.4 is 5.32 Å². The second-order valence-electron chi connectivity index (χ2n) is 6.03. The lowest BCUT2D eigenvalue weighted by Crippen LogP contribution is -2.28. The number of nitrogens with one attached hydrogen (secondary N) is 1. The predicted molar refractivity (Wildman–Crippen MR) is 92.2 cm³/mol. The lowest BCUT2D eigenvalue weighted by molar-refractivity contribution is 0.565. The highest BCUT2D eigenvalue weighted by molar-refractivity contribution is 8.00. The smallest absolute Gasteiger partial charge is 0.0447 e. The van der Waals surface area contributed by atoms with Crippen molar-refractivity contribution >= 4 is 11.8 Å². The maximum Gasteiger partial charge on any atom is 0.0447 e. The van der Waals surface area contributed by atoms with Crippen LogP contribution in [0.3, 0.4) is 0 Å². The van der Waals surface area contributed by atoms with Gasteiger partial charge < -0.3 is 5.32 Å². The van der Waals surface area contributed by atoms with Gasteiger partial charge in [-0.05, 0) is 68.1 Å². The average molecular weight is 297 g/mol. The second kappa shape index (κ2) is 5.86. The number of fused-ring (bicyclic) bond motifs is 1. The van der Waals surface area contributed by atoms with Crippen molar-refractivity contribution in [3.63, 3.8) is 0 Å². The molecule has 2 heteroatoms. The first-order valence-corrected chi connectivity index (χ1v) is 8.47. The Kier molecular flexibility index (Phi) is 4.10. The van der Waals surface area contributed by atoms with Crippen molar-refractivity contribution in [3.05, 3.63) is 64.2 Å². The van der Waals surface area contributed by atoms with E-state index < -0.39 is 0 Å². The van der Waals surface area contributed by atoms with Gasteiger partial charge in [-0.25, -0.2) is 0 Å². The number of hydrogen-bond donors (Lipinski definition) is 1. The Bertz CT molecular complexity index is 638. The molecular formula is C19H23NS. The minimum absolute atomic E-state index is 0.404. The molecule has 1 nitrogen and oxygen atoms in total. The zero-order valence-electron chi connectivity index (χ0n) is 13.2. The molecule has 0 spiro atoms. The van der Waals surface area contributed by atoms with Crippen LogP contribution in [0.5, 0.6) is 0 Å². The monoisotopic (exact) mass is 297 g/mol. The van der Waals surface area contributed by atoms with Gasteiger partial charge >= 0.3 is 0 Å². The molecule has 1 N–H and O–H groups in total. The van der Waals surface area contributed by atoms with Crippen LogP contribution in [0.25, 0.3) is 0 Å². The van der Waals surface area contributed by atoms with Crippen molar-refractivity contribution in [1.82, 2.24) is 5.32 Å². The zero-order chi connectivity index (χ0) is 15.0. The van der Waals surface area contributed by atoms with Gasteiger partial charge in [0.25, 0.3) is 0 Å². The molecule has 0 saturated heterocycles. The Morgan fingerprint density at radius 3 is 2.48 bits per heavy atom. The molecule has 0 saturated carbocycles. The third kappa shape index (κ3) is 2.75. The highest BCUT2D eigenvalue weighted by Gasteiger charge is 2.30. The predicted octanol–water partition coefficient (Wildman–Crippen LogP) is 4.59. The molecule has 2 aromatic rings. The Labute approximate surface area is 132 Å². The number of rotatable bonds is 3. The van der Waals surface area contributed by atoms with Crippen LogP contribution in [0.15, 0.2) is 41.3 Å². The van der Waals surface area contributed by atoms with E-state index in [9.17, 15) is 0 Å². The van der Waals surface area contributed by atoms with E-state index in [4.69, 9.17) is 0 Å². The van der Waals surface area contributed by atoms with Crippen molar-refractivity contribution in [3.8, 4) is 0 Å². The largest absolute Gasteiger partial charge is 0.312 e. The fourth-order valence-corrected chi connectivity index (χ4v) is 4.72. The molecule has 1 aliphatic rings. The van der Waals surface area contributed by atoms with E-state index in [0.29, 0.717) is 11.3 Å². The summed E-state index contributed by atoms with van der Waals surface area (Å²) < 4.78 is 0. The standard InChI is InChI=1S/C19H23NS/c1-12-9-14(3)16(10-13(12)2)19(20-4)18-11-15-7-5-6-8-17(15)21-18/h5-10,18-20H,11H2,1-4H3. The Hall–Kier alpha value is -1.25. The summed E-state index contributed by atoms with van der Waals surface area (Å²) >= 11 is 2.02. The Morgan fingerprint density at radius 1 is 1.05 bits per heavy atom. The number of thioether (sulfide) groups is 1. The van der Waals surface area contributed by atoms with Gasteiger partial charge in [0.05, 0.1) is 0 Å². The third-order valence-corrected chi connectivity index (χ3v) is 5.97. The molecule has 3 rings (SSSR count). The number of aryl methyl sites for hydroxylation is 3. The first kappa shape index (κ1) is 14.7. The van der Waals surface area contributed by atoms with Gasteiger partial charge in [0.1, 0.15) is 0 Å². The van der Waals surface area contributed by atoms with Crippen LogP contribution in [0.4, 0.5) is 0 Å². The summed E-state index contributed by atoms with van der Waals surface area (Å²) in [6.45, 7) is 6.64. The van der Waals surface area contributed by atoms with Gasteiger partial charge in [-0.1, -0.05) is 30.3 Å². The van der Waals surface area contributed by atoms with Crippen molar-refractivity contribution in [2.75, 3.05) is 7.05 Å². The first-order chi connectivity index (χ1) is 10.1. The van der Waals surface area contributed by atoms with Gasteiger partial charge in [-0.3, -0.25) is 0 Å². The van der Waals surface area contributed by atoms with E-state index >= 15 is 0 Å². The van der Waals surface area contributed by atoms with Crippen molar-refractivity contribution < 1.29 is 0 Å². The highest BCUT2D eigenvalue weighted by atomic mass is 32.2. The van der Waals surface area contributed by atoms with Crippen molar-refractivity contribution in [2.45, 2.75) is 43.4 Å². The molecule has 2 aromatic carbocycles. The van der Waals surface area contributed by atoms with Gasteiger partial charge in [0.15, 0.2) is 0 Å². The lowest BCUT2D eigenvalue weighted by Gasteiger charge is -2.25. The maximum absolute atomic E-state index is 3.56. The van der Waals surface area contributed by atoms with Gasteiger partial charge in [0.2, 0.25) is 0 Å². The van der Waals surface area contributed by atoms with Crippen molar-refractivity contribution in [2.24, 2.45) is 0 Å². The molecule has 0 aromatic heterocycles. The Balaban J connectivity index is 1.92. The second-order valence-corrected chi connectivity index (χ2v) is 7.31. The van der Waals surface area contributed by atoms with Crippen LogP contribution in [-0.4, -0.2) is 12.3 Å². The highest BCUT2D eigenvalue weighted by Crippen LogP contribution is 2.43. The molecule has 1 heterocycles. The van der Waals surface area contributed by atoms with Crippen LogP contribution in [0.1, 0.15) is 33.9 Å². The summed E-state index contributed by atoms with van der Waals surface area (Å²) in [4.78, 5) is 1.45. The summed E-state index contributed by atoms with van der Waals surface area (Å²) in [7, 11) is 2.09. The molecule has 0 bridgehead atoms. The Morgan fingerprint density at radius 2 is 1.76 bits per heavy atom.